The number of rotatable bonds is 6. The monoisotopic (exact) mass is 237 g/mol. The number of amides is 1. The number of carbonyl (C=O) groups is 2. The van der Waals surface area contributed by atoms with E-state index in [1.807, 2.05) is 12.1 Å². The lowest BCUT2D eigenvalue weighted by Crippen LogP contribution is -2.37. The molecule has 6 heteroatoms. The van der Waals surface area contributed by atoms with Gasteiger partial charge in [-0.15, -0.1) is 0 Å². The molecule has 1 heterocycles. The zero-order valence-electron chi connectivity index (χ0n) is 9.30. The second-order valence-electron chi connectivity index (χ2n) is 3.60. The summed E-state index contributed by atoms with van der Waals surface area (Å²) in [4.78, 5) is 25.6. The molecule has 0 aromatic carbocycles. The van der Waals surface area contributed by atoms with Crippen LogP contribution in [0.15, 0.2) is 24.5 Å². The number of nitrogens with two attached hydrogens (primary N) is 1. The van der Waals surface area contributed by atoms with E-state index in [9.17, 15) is 9.59 Å². The molecule has 0 fully saturated rings. The summed E-state index contributed by atoms with van der Waals surface area (Å²) >= 11 is 0. The average Bonchev–Trinajstić information content (AvgIpc) is 2.30. The van der Waals surface area contributed by atoms with Crippen LogP contribution in [0.2, 0.25) is 0 Å². The Morgan fingerprint density at radius 3 is 2.65 bits per heavy atom. The Morgan fingerprint density at radius 2 is 2.06 bits per heavy atom. The van der Waals surface area contributed by atoms with Gasteiger partial charge in [0.1, 0.15) is 6.04 Å². The third kappa shape index (κ3) is 5.07. The smallest absolute Gasteiger partial charge is 0.321 e. The third-order valence-corrected chi connectivity index (χ3v) is 2.21. The van der Waals surface area contributed by atoms with Crippen molar-refractivity contribution in [3.8, 4) is 0 Å². The van der Waals surface area contributed by atoms with Crippen molar-refractivity contribution in [2.45, 2.75) is 18.9 Å². The summed E-state index contributed by atoms with van der Waals surface area (Å²) in [6.07, 6.45) is 3.83. The minimum atomic E-state index is -1.17. The Labute approximate surface area is 98.8 Å². The van der Waals surface area contributed by atoms with Crippen LogP contribution in [0.25, 0.3) is 0 Å². The molecule has 0 aliphatic carbocycles. The average molecular weight is 237 g/mol. The summed E-state index contributed by atoms with van der Waals surface area (Å²) in [6, 6.07) is 2.57. The van der Waals surface area contributed by atoms with Gasteiger partial charge in [-0.3, -0.25) is 14.6 Å². The van der Waals surface area contributed by atoms with Crippen LogP contribution in [0, 0.1) is 0 Å². The van der Waals surface area contributed by atoms with E-state index in [0.717, 1.165) is 5.56 Å². The minimum Gasteiger partial charge on any atom is -0.480 e. The van der Waals surface area contributed by atoms with Crippen molar-refractivity contribution in [1.82, 2.24) is 10.3 Å². The van der Waals surface area contributed by atoms with E-state index in [1.54, 1.807) is 12.4 Å². The highest BCUT2D eigenvalue weighted by atomic mass is 16.4. The Bertz CT molecular complexity index is 381. The first kappa shape index (κ1) is 13.1. The Hall–Kier alpha value is -1.95. The molecule has 6 nitrogen and oxygen atoms in total. The van der Waals surface area contributed by atoms with Gasteiger partial charge in [0.05, 0.1) is 6.42 Å². The van der Waals surface area contributed by atoms with E-state index >= 15 is 0 Å². The van der Waals surface area contributed by atoms with E-state index in [-0.39, 0.29) is 12.3 Å². The van der Waals surface area contributed by atoms with Crippen LogP contribution in [-0.2, 0) is 16.0 Å². The molecule has 0 aliphatic rings. The summed E-state index contributed by atoms with van der Waals surface area (Å²) in [5.41, 5.74) is 6.29. The standard InChI is InChI=1S/C11H15N3O3/c12-9(11(16)17)7-10(15)14-6-3-8-1-4-13-5-2-8/h1-2,4-5,9H,3,6-7,12H2,(H,14,15)(H,16,17). The van der Waals surface area contributed by atoms with Crippen molar-refractivity contribution in [1.29, 1.82) is 0 Å². The molecule has 1 rings (SSSR count). The lowest BCUT2D eigenvalue weighted by Gasteiger charge is -2.07. The van der Waals surface area contributed by atoms with Gasteiger partial charge in [-0.2, -0.15) is 0 Å². The number of carbonyl (C=O) groups excluding carboxylic acids is 1. The van der Waals surface area contributed by atoms with Crippen LogP contribution in [0.5, 0.6) is 0 Å². The van der Waals surface area contributed by atoms with Crippen LogP contribution < -0.4 is 11.1 Å². The molecule has 1 atom stereocenters. The van der Waals surface area contributed by atoms with E-state index in [4.69, 9.17) is 10.8 Å². The van der Waals surface area contributed by atoms with Gasteiger partial charge in [-0.05, 0) is 24.1 Å². The summed E-state index contributed by atoms with van der Waals surface area (Å²) in [5.74, 6) is -1.52. The van der Waals surface area contributed by atoms with E-state index in [0.29, 0.717) is 13.0 Å². The number of aliphatic carboxylic acids is 1. The molecular formula is C11H15N3O3. The van der Waals surface area contributed by atoms with Crippen molar-refractivity contribution >= 4 is 11.9 Å². The first-order chi connectivity index (χ1) is 8.09. The molecule has 0 saturated heterocycles. The first-order valence-corrected chi connectivity index (χ1v) is 5.23. The lowest BCUT2D eigenvalue weighted by atomic mass is 10.2. The third-order valence-electron chi connectivity index (χ3n) is 2.21. The van der Waals surface area contributed by atoms with Gasteiger partial charge in [0.2, 0.25) is 5.91 Å². The number of carboxylic acids is 1. The Balaban J connectivity index is 2.23. The molecule has 1 unspecified atom stereocenters. The number of aromatic nitrogens is 1. The highest BCUT2D eigenvalue weighted by molar-refractivity contribution is 5.84. The molecule has 4 N–H and O–H groups in total. The Kier molecular flexibility index (Phi) is 5.09. The molecule has 0 radical (unpaired) electrons. The maximum Gasteiger partial charge on any atom is 0.321 e. The van der Waals surface area contributed by atoms with Crippen LogP contribution in [0.1, 0.15) is 12.0 Å². The fraction of sp³-hybridized carbons (Fsp3) is 0.364. The molecule has 1 aromatic rings. The van der Waals surface area contributed by atoms with Crippen molar-refractivity contribution in [2.75, 3.05) is 6.54 Å². The Morgan fingerprint density at radius 1 is 1.41 bits per heavy atom. The quantitative estimate of drug-likeness (QED) is 0.621. The molecule has 1 amide bonds. The highest BCUT2D eigenvalue weighted by Crippen LogP contribution is 1.96. The molecule has 1 aromatic heterocycles. The van der Waals surface area contributed by atoms with Gasteiger partial charge in [-0.25, -0.2) is 0 Å². The van der Waals surface area contributed by atoms with E-state index in [2.05, 4.69) is 10.3 Å². The summed E-state index contributed by atoms with van der Waals surface area (Å²) < 4.78 is 0. The van der Waals surface area contributed by atoms with Crippen LogP contribution in [-0.4, -0.2) is 34.6 Å². The zero-order chi connectivity index (χ0) is 12.7. The maximum atomic E-state index is 11.3. The van der Waals surface area contributed by atoms with Crippen LogP contribution >= 0.6 is 0 Å². The van der Waals surface area contributed by atoms with E-state index < -0.39 is 12.0 Å². The van der Waals surface area contributed by atoms with Crippen molar-refractivity contribution in [3.63, 3.8) is 0 Å². The number of hydrogen-bond donors (Lipinski definition) is 3. The van der Waals surface area contributed by atoms with Crippen LogP contribution in [0.4, 0.5) is 0 Å². The van der Waals surface area contributed by atoms with Gasteiger partial charge < -0.3 is 16.2 Å². The van der Waals surface area contributed by atoms with Crippen molar-refractivity contribution in [2.24, 2.45) is 5.73 Å². The summed E-state index contributed by atoms with van der Waals surface area (Å²) in [7, 11) is 0. The van der Waals surface area contributed by atoms with Crippen LogP contribution in [0.3, 0.4) is 0 Å². The van der Waals surface area contributed by atoms with Gasteiger partial charge in [-0.1, -0.05) is 0 Å². The normalized spacial score (nSPS) is 11.8. The van der Waals surface area contributed by atoms with Gasteiger partial charge >= 0.3 is 5.97 Å². The van der Waals surface area contributed by atoms with Crippen molar-refractivity contribution in [3.05, 3.63) is 30.1 Å². The zero-order valence-corrected chi connectivity index (χ0v) is 9.30. The van der Waals surface area contributed by atoms with Gasteiger partial charge in [0.25, 0.3) is 0 Å². The minimum absolute atomic E-state index is 0.203. The number of pyridine rings is 1. The molecule has 0 saturated carbocycles. The predicted octanol–water partition coefficient (Wildman–Crippen LogP) is -0.458. The number of nitrogens with one attached hydrogen (secondary N) is 1. The molecule has 0 aliphatic heterocycles. The second-order valence-corrected chi connectivity index (χ2v) is 3.60. The SMILES string of the molecule is NC(CC(=O)NCCc1ccncc1)C(=O)O. The fourth-order valence-electron chi connectivity index (χ4n) is 1.25. The molecule has 0 bridgehead atoms. The molecule has 0 spiro atoms. The fourth-order valence-corrected chi connectivity index (χ4v) is 1.25. The van der Waals surface area contributed by atoms with Crippen molar-refractivity contribution < 1.29 is 14.7 Å². The topological polar surface area (TPSA) is 105 Å². The summed E-state index contributed by atoms with van der Waals surface area (Å²) in [6.45, 7) is 0.454. The molecular weight excluding hydrogens is 222 g/mol. The number of nitrogens with zero attached hydrogens (tertiary/aromatic N) is 1. The first-order valence-electron chi connectivity index (χ1n) is 5.23. The molecule has 17 heavy (non-hydrogen) atoms. The predicted molar refractivity (Wildman–Crippen MR) is 61.2 cm³/mol. The number of carboxylic acid groups (broad SMARTS) is 1. The van der Waals surface area contributed by atoms with Gasteiger partial charge in [0, 0.05) is 18.9 Å². The lowest BCUT2D eigenvalue weighted by molar-refractivity contribution is -0.140. The second kappa shape index (κ2) is 6.59. The molecule has 92 valence electrons. The largest absolute Gasteiger partial charge is 0.480 e. The maximum absolute atomic E-state index is 11.3. The number of hydrogen-bond acceptors (Lipinski definition) is 4. The summed E-state index contributed by atoms with van der Waals surface area (Å²) in [5, 5.41) is 11.1. The van der Waals surface area contributed by atoms with E-state index in [1.165, 1.54) is 0 Å². The van der Waals surface area contributed by atoms with Gasteiger partial charge in [0.15, 0.2) is 0 Å². The highest BCUT2D eigenvalue weighted by Gasteiger charge is 2.15.